The van der Waals surface area contributed by atoms with Crippen LogP contribution in [0.3, 0.4) is 0 Å². The van der Waals surface area contributed by atoms with Crippen molar-refractivity contribution in [2.24, 2.45) is 11.7 Å². The number of hydrogen-bond donors (Lipinski definition) is 2. The number of nitrogen functional groups attached to an aromatic ring is 1. The van der Waals surface area contributed by atoms with E-state index in [0.717, 1.165) is 4.88 Å². The number of anilines is 1. The van der Waals surface area contributed by atoms with E-state index in [1.165, 1.54) is 11.3 Å². The lowest BCUT2D eigenvalue weighted by Gasteiger charge is -2.14. The Morgan fingerprint density at radius 3 is 2.71 bits per heavy atom. The molecule has 0 bridgehead atoms. The van der Waals surface area contributed by atoms with E-state index in [2.05, 4.69) is 0 Å². The molecule has 2 amide bonds. The maximum atomic E-state index is 12.1. The highest BCUT2D eigenvalue weighted by atomic mass is 32.1. The summed E-state index contributed by atoms with van der Waals surface area (Å²) in [6.07, 6.45) is 0.654. The summed E-state index contributed by atoms with van der Waals surface area (Å²) in [4.78, 5) is 26.4. The Balaban J connectivity index is 2.09. The van der Waals surface area contributed by atoms with Gasteiger partial charge in [-0.2, -0.15) is 0 Å². The van der Waals surface area contributed by atoms with Crippen LogP contribution in [-0.2, 0) is 4.79 Å². The summed E-state index contributed by atoms with van der Waals surface area (Å²) >= 11 is 1.39. The van der Waals surface area contributed by atoms with Crippen molar-refractivity contribution in [1.29, 1.82) is 0 Å². The number of carbonyl (C=O) groups excluding carboxylic acids is 2. The average molecular weight is 253 g/mol. The summed E-state index contributed by atoms with van der Waals surface area (Å²) in [7, 11) is 0. The van der Waals surface area contributed by atoms with Gasteiger partial charge in [-0.1, -0.05) is 0 Å². The molecule has 0 aromatic carbocycles. The van der Waals surface area contributed by atoms with Crippen LogP contribution in [0.5, 0.6) is 0 Å². The smallest absolute Gasteiger partial charge is 0.264 e. The third-order valence-corrected chi connectivity index (χ3v) is 4.10. The maximum Gasteiger partial charge on any atom is 0.264 e. The minimum absolute atomic E-state index is 0.0569. The first kappa shape index (κ1) is 11.9. The van der Waals surface area contributed by atoms with E-state index in [-0.39, 0.29) is 17.7 Å². The molecule has 0 spiro atoms. The third kappa shape index (κ3) is 2.26. The van der Waals surface area contributed by atoms with Crippen molar-refractivity contribution in [1.82, 2.24) is 4.90 Å². The number of likely N-dealkylation sites (tertiary alicyclic amines) is 1. The minimum atomic E-state index is -0.331. The third-order valence-electron chi connectivity index (χ3n) is 3.04. The first-order chi connectivity index (χ1) is 7.99. The summed E-state index contributed by atoms with van der Waals surface area (Å²) in [6.45, 7) is 2.89. The van der Waals surface area contributed by atoms with Crippen molar-refractivity contribution >= 4 is 28.8 Å². The monoisotopic (exact) mass is 253 g/mol. The molecule has 1 atom stereocenters. The summed E-state index contributed by atoms with van der Waals surface area (Å²) in [5, 5.41) is 0. The molecular weight excluding hydrogens is 238 g/mol. The van der Waals surface area contributed by atoms with E-state index in [1.807, 2.05) is 6.92 Å². The first-order valence-electron chi connectivity index (χ1n) is 5.43. The van der Waals surface area contributed by atoms with Crippen molar-refractivity contribution in [2.75, 3.05) is 18.8 Å². The fraction of sp³-hybridized carbons (Fsp3) is 0.455. The fourth-order valence-electron chi connectivity index (χ4n) is 1.93. The van der Waals surface area contributed by atoms with Gasteiger partial charge in [0.25, 0.3) is 5.91 Å². The zero-order valence-corrected chi connectivity index (χ0v) is 10.4. The predicted molar refractivity (Wildman–Crippen MR) is 66.7 cm³/mol. The van der Waals surface area contributed by atoms with Crippen LogP contribution in [-0.4, -0.2) is 29.8 Å². The van der Waals surface area contributed by atoms with E-state index >= 15 is 0 Å². The van der Waals surface area contributed by atoms with E-state index < -0.39 is 0 Å². The molecule has 1 fully saturated rings. The number of aryl methyl sites for hydroxylation is 1. The van der Waals surface area contributed by atoms with Crippen molar-refractivity contribution in [3.8, 4) is 0 Å². The van der Waals surface area contributed by atoms with Crippen LogP contribution < -0.4 is 11.5 Å². The molecule has 5 nitrogen and oxygen atoms in total. The molecule has 1 aromatic rings. The largest absolute Gasteiger partial charge is 0.398 e. The lowest BCUT2D eigenvalue weighted by molar-refractivity contribution is -0.121. The Hall–Kier alpha value is -1.56. The van der Waals surface area contributed by atoms with Gasteiger partial charge >= 0.3 is 0 Å². The van der Waals surface area contributed by atoms with E-state index in [9.17, 15) is 9.59 Å². The average Bonchev–Trinajstić information content (AvgIpc) is 2.86. The Morgan fingerprint density at radius 2 is 2.24 bits per heavy atom. The van der Waals surface area contributed by atoms with Crippen LogP contribution in [0.4, 0.5) is 5.69 Å². The number of carbonyl (C=O) groups is 2. The van der Waals surface area contributed by atoms with E-state index in [4.69, 9.17) is 11.5 Å². The Morgan fingerprint density at radius 1 is 1.53 bits per heavy atom. The number of hydrogen-bond acceptors (Lipinski definition) is 4. The lowest BCUT2D eigenvalue weighted by atomic mass is 10.1. The van der Waals surface area contributed by atoms with Crippen molar-refractivity contribution in [3.05, 3.63) is 15.8 Å². The molecule has 92 valence electrons. The van der Waals surface area contributed by atoms with Crippen LogP contribution in [0.15, 0.2) is 6.07 Å². The predicted octanol–water partition coefficient (Wildman–Crippen LogP) is 0.586. The molecule has 0 radical (unpaired) electrons. The number of nitrogens with zero attached hydrogens (tertiary/aromatic N) is 1. The second-order valence-corrected chi connectivity index (χ2v) is 5.52. The molecule has 1 saturated heterocycles. The SMILES string of the molecule is Cc1sc(C(=O)N2CCC(C(N)=O)C2)cc1N. The lowest BCUT2D eigenvalue weighted by Crippen LogP contribution is -2.31. The molecule has 4 N–H and O–H groups in total. The highest BCUT2D eigenvalue weighted by Crippen LogP contribution is 2.26. The van der Waals surface area contributed by atoms with Crippen molar-refractivity contribution < 1.29 is 9.59 Å². The number of amides is 2. The van der Waals surface area contributed by atoms with Crippen LogP contribution in [0.25, 0.3) is 0 Å². The van der Waals surface area contributed by atoms with Gasteiger partial charge in [-0.05, 0) is 19.4 Å². The molecule has 2 rings (SSSR count). The van der Waals surface area contributed by atoms with Crippen molar-refractivity contribution in [3.63, 3.8) is 0 Å². The van der Waals surface area contributed by atoms with E-state index in [0.29, 0.717) is 30.1 Å². The fourth-order valence-corrected chi connectivity index (χ4v) is 2.84. The number of nitrogens with two attached hydrogens (primary N) is 2. The van der Waals surface area contributed by atoms with Gasteiger partial charge in [-0.15, -0.1) is 11.3 Å². The topological polar surface area (TPSA) is 89.4 Å². The Bertz CT molecular complexity index is 450. The highest BCUT2D eigenvalue weighted by Gasteiger charge is 2.30. The normalized spacial score (nSPS) is 19.6. The molecule has 1 unspecified atom stereocenters. The summed E-state index contributed by atoms with van der Waals surface area (Å²) < 4.78 is 0. The van der Waals surface area contributed by atoms with Gasteiger partial charge in [-0.3, -0.25) is 9.59 Å². The van der Waals surface area contributed by atoms with Crippen LogP contribution in [0.2, 0.25) is 0 Å². The second-order valence-electron chi connectivity index (χ2n) is 4.26. The van der Waals surface area contributed by atoms with Crippen molar-refractivity contribution in [2.45, 2.75) is 13.3 Å². The number of primary amides is 1. The van der Waals surface area contributed by atoms with Gasteiger partial charge in [0.05, 0.1) is 10.8 Å². The van der Waals surface area contributed by atoms with Gasteiger partial charge in [-0.25, -0.2) is 0 Å². The maximum absolute atomic E-state index is 12.1. The van der Waals surface area contributed by atoms with Crippen LogP contribution >= 0.6 is 11.3 Å². The second kappa shape index (κ2) is 4.37. The highest BCUT2D eigenvalue weighted by molar-refractivity contribution is 7.14. The molecule has 1 aliphatic rings. The van der Waals surface area contributed by atoms with Gasteiger partial charge < -0.3 is 16.4 Å². The molecule has 6 heteroatoms. The molecular formula is C11H15N3O2S. The van der Waals surface area contributed by atoms with Crippen LogP contribution in [0.1, 0.15) is 21.0 Å². The summed E-state index contributed by atoms with van der Waals surface area (Å²) in [5.74, 6) is -0.599. The zero-order chi connectivity index (χ0) is 12.6. The number of rotatable bonds is 2. The zero-order valence-electron chi connectivity index (χ0n) is 9.60. The number of thiophene rings is 1. The Kier molecular flexibility index (Phi) is 3.06. The van der Waals surface area contributed by atoms with Gasteiger partial charge in [0.15, 0.2) is 0 Å². The van der Waals surface area contributed by atoms with Crippen LogP contribution in [0, 0.1) is 12.8 Å². The standard InChI is InChI=1S/C11H15N3O2S/c1-6-8(12)4-9(17-6)11(16)14-3-2-7(5-14)10(13)15/h4,7H,2-3,5,12H2,1H3,(H2,13,15). The quantitative estimate of drug-likeness (QED) is 0.808. The van der Waals surface area contributed by atoms with Gasteiger partial charge in [0, 0.05) is 23.7 Å². The molecule has 0 saturated carbocycles. The molecule has 2 heterocycles. The molecule has 17 heavy (non-hydrogen) atoms. The molecule has 1 aromatic heterocycles. The molecule has 0 aliphatic carbocycles. The first-order valence-corrected chi connectivity index (χ1v) is 6.25. The van der Waals surface area contributed by atoms with Gasteiger partial charge in [0.1, 0.15) is 0 Å². The summed E-state index contributed by atoms with van der Waals surface area (Å²) in [5.41, 5.74) is 11.6. The van der Waals surface area contributed by atoms with E-state index in [1.54, 1.807) is 11.0 Å². The Labute approximate surface area is 103 Å². The molecule has 1 aliphatic heterocycles. The minimum Gasteiger partial charge on any atom is -0.398 e. The van der Waals surface area contributed by atoms with Gasteiger partial charge in [0.2, 0.25) is 5.91 Å². The summed E-state index contributed by atoms with van der Waals surface area (Å²) in [6, 6.07) is 1.69.